The van der Waals surface area contributed by atoms with Crippen LogP contribution in [0.1, 0.15) is 34.6 Å². The average molecular weight is 448 g/mol. The van der Waals surface area contributed by atoms with E-state index < -0.39 is 0 Å². The van der Waals surface area contributed by atoms with Crippen LogP contribution in [0.5, 0.6) is 5.75 Å². The van der Waals surface area contributed by atoms with Crippen LogP contribution in [-0.2, 0) is 0 Å². The van der Waals surface area contributed by atoms with Gasteiger partial charge in [-0.1, -0.05) is 29.5 Å². The van der Waals surface area contributed by atoms with Crippen molar-refractivity contribution in [3.63, 3.8) is 0 Å². The Morgan fingerprint density at radius 1 is 1.03 bits per heavy atom. The maximum absolute atomic E-state index is 13.3. The second kappa shape index (κ2) is 10.5. The Hall–Kier alpha value is -2.48. The van der Waals surface area contributed by atoms with Crippen LogP contribution in [0.2, 0.25) is 0 Å². The number of Topliss-reactive ketones (excluding diaryl/α,β-unsaturated/α-hetero) is 1. The molecule has 0 atom stereocenters. The first-order chi connectivity index (χ1) is 13.9. The first kappa shape index (κ1) is 23.8. The molecular weight excluding hydrogens is 422 g/mol. The molecule has 0 N–H and O–H groups in total. The van der Waals surface area contributed by atoms with E-state index in [2.05, 4.69) is 0 Å². The Morgan fingerprint density at radius 3 is 2.30 bits per heavy atom. The second-order valence-electron chi connectivity index (χ2n) is 6.93. The minimum absolute atomic E-state index is 0. The van der Waals surface area contributed by atoms with Crippen molar-refractivity contribution in [3.05, 3.63) is 53.6 Å². The van der Waals surface area contributed by atoms with Gasteiger partial charge >= 0.3 is 0 Å². The molecule has 0 radical (unpaired) electrons. The SMILES string of the molecule is CCOc1cccc2sc(N(CCN(C)C)C(=O)c3ccc(C(C)=O)cc3)nc12.Cl. The summed E-state index contributed by atoms with van der Waals surface area (Å²) in [6.07, 6.45) is 0. The number of likely N-dealkylation sites (N-methyl/N-ethyl adjacent to an activating group) is 1. The summed E-state index contributed by atoms with van der Waals surface area (Å²) in [6, 6.07) is 12.6. The molecule has 2 aromatic carbocycles. The third-order valence-corrected chi connectivity index (χ3v) is 5.50. The minimum Gasteiger partial charge on any atom is -0.492 e. The molecule has 8 heteroatoms. The first-order valence-corrected chi connectivity index (χ1v) is 10.3. The van der Waals surface area contributed by atoms with Gasteiger partial charge in [0.15, 0.2) is 10.9 Å². The zero-order valence-corrected chi connectivity index (χ0v) is 19.2. The number of hydrogen-bond donors (Lipinski definition) is 0. The third kappa shape index (κ3) is 5.36. The number of thiazole rings is 1. The molecule has 0 aliphatic heterocycles. The van der Waals surface area contributed by atoms with Crippen molar-refractivity contribution in [2.45, 2.75) is 13.8 Å². The summed E-state index contributed by atoms with van der Waals surface area (Å²) in [6.45, 7) is 5.20. The Bertz CT molecular complexity index is 1020. The lowest BCUT2D eigenvalue weighted by molar-refractivity contribution is 0.0981. The average Bonchev–Trinajstić information content (AvgIpc) is 3.13. The summed E-state index contributed by atoms with van der Waals surface area (Å²) in [5, 5.41) is 0.634. The van der Waals surface area contributed by atoms with E-state index in [1.54, 1.807) is 29.2 Å². The van der Waals surface area contributed by atoms with Crippen LogP contribution in [0.25, 0.3) is 10.2 Å². The lowest BCUT2D eigenvalue weighted by Crippen LogP contribution is -2.36. The third-order valence-electron chi connectivity index (χ3n) is 4.46. The fourth-order valence-electron chi connectivity index (χ4n) is 2.89. The van der Waals surface area contributed by atoms with Crippen LogP contribution in [0, 0.1) is 0 Å². The number of carbonyl (C=O) groups is 2. The fraction of sp³-hybridized carbons (Fsp3) is 0.318. The molecule has 1 amide bonds. The van der Waals surface area contributed by atoms with Crippen molar-refractivity contribution >= 4 is 50.8 Å². The van der Waals surface area contributed by atoms with Gasteiger partial charge in [0.1, 0.15) is 11.3 Å². The van der Waals surface area contributed by atoms with E-state index in [0.717, 1.165) is 16.0 Å². The van der Waals surface area contributed by atoms with Crippen LogP contribution in [0.15, 0.2) is 42.5 Å². The maximum Gasteiger partial charge on any atom is 0.260 e. The van der Waals surface area contributed by atoms with Crippen LogP contribution < -0.4 is 9.64 Å². The Morgan fingerprint density at radius 2 is 1.70 bits per heavy atom. The highest BCUT2D eigenvalue weighted by Crippen LogP contribution is 2.34. The quantitative estimate of drug-likeness (QED) is 0.475. The van der Waals surface area contributed by atoms with Crippen molar-refractivity contribution in [3.8, 4) is 5.75 Å². The van der Waals surface area contributed by atoms with E-state index in [0.29, 0.717) is 36.0 Å². The molecule has 0 aliphatic carbocycles. The number of carbonyl (C=O) groups excluding carboxylic acids is 2. The topological polar surface area (TPSA) is 62.7 Å². The van der Waals surface area contributed by atoms with E-state index in [1.807, 2.05) is 44.1 Å². The molecule has 6 nitrogen and oxygen atoms in total. The highest BCUT2D eigenvalue weighted by atomic mass is 35.5. The number of halogens is 1. The molecule has 0 aliphatic rings. The smallest absolute Gasteiger partial charge is 0.260 e. The number of rotatable bonds is 8. The summed E-state index contributed by atoms with van der Waals surface area (Å²) in [4.78, 5) is 33.3. The summed E-state index contributed by atoms with van der Waals surface area (Å²) in [5.74, 6) is 0.556. The van der Waals surface area contributed by atoms with Crippen LogP contribution in [-0.4, -0.2) is 55.4 Å². The van der Waals surface area contributed by atoms with E-state index in [4.69, 9.17) is 9.72 Å². The number of nitrogens with zero attached hydrogens (tertiary/aromatic N) is 3. The van der Waals surface area contributed by atoms with Crippen LogP contribution >= 0.6 is 23.7 Å². The number of benzene rings is 2. The number of anilines is 1. The highest BCUT2D eigenvalue weighted by Gasteiger charge is 2.22. The number of para-hydroxylation sites is 1. The van der Waals surface area contributed by atoms with Crippen LogP contribution in [0.4, 0.5) is 5.13 Å². The second-order valence-corrected chi connectivity index (χ2v) is 7.94. The molecule has 0 bridgehead atoms. The van der Waals surface area contributed by atoms with Gasteiger partial charge in [0, 0.05) is 24.2 Å². The maximum atomic E-state index is 13.3. The number of ketones is 1. The van der Waals surface area contributed by atoms with Gasteiger partial charge in [-0.3, -0.25) is 14.5 Å². The highest BCUT2D eigenvalue weighted by molar-refractivity contribution is 7.22. The molecule has 160 valence electrons. The van der Waals surface area contributed by atoms with Gasteiger partial charge in [-0.2, -0.15) is 0 Å². The summed E-state index contributed by atoms with van der Waals surface area (Å²) < 4.78 is 6.66. The van der Waals surface area contributed by atoms with E-state index in [9.17, 15) is 9.59 Å². The van der Waals surface area contributed by atoms with Crippen molar-refractivity contribution in [2.75, 3.05) is 38.7 Å². The Labute approximate surface area is 186 Å². The lowest BCUT2D eigenvalue weighted by Gasteiger charge is -2.22. The summed E-state index contributed by atoms with van der Waals surface area (Å²) in [5.41, 5.74) is 1.88. The molecule has 0 spiro atoms. The largest absolute Gasteiger partial charge is 0.492 e. The van der Waals surface area contributed by atoms with Crippen molar-refractivity contribution < 1.29 is 14.3 Å². The number of fused-ring (bicyclic) bond motifs is 1. The molecule has 0 saturated heterocycles. The molecule has 3 rings (SSSR count). The summed E-state index contributed by atoms with van der Waals surface area (Å²) in [7, 11) is 3.94. The summed E-state index contributed by atoms with van der Waals surface area (Å²) >= 11 is 1.47. The number of amides is 1. The van der Waals surface area contributed by atoms with Gasteiger partial charge in [-0.05, 0) is 52.2 Å². The van der Waals surface area contributed by atoms with Crippen molar-refractivity contribution in [1.82, 2.24) is 9.88 Å². The van der Waals surface area contributed by atoms with Gasteiger partial charge in [-0.15, -0.1) is 12.4 Å². The molecule has 0 saturated carbocycles. The normalized spacial score (nSPS) is 10.7. The van der Waals surface area contributed by atoms with E-state index >= 15 is 0 Å². The Kier molecular flexibility index (Phi) is 8.34. The van der Waals surface area contributed by atoms with Crippen molar-refractivity contribution in [1.29, 1.82) is 0 Å². The van der Waals surface area contributed by atoms with Gasteiger partial charge in [0.25, 0.3) is 5.91 Å². The van der Waals surface area contributed by atoms with Gasteiger partial charge in [0.2, 0.25) is 0 Å². The van der Waals surface area contributed by atoms with Gasteiger partial charge < -0.3 is 9.64 Å². The number of hydrogen-bond acceptors (Lipinski definition) is 6. The molecule has 0 fully saturated rings. The van der Waals surface area contributed by atoms with Crippen LogP contribution in [0.3, 0.4) is 0 Å². The van der Waals surface area contributed by atoms with E-state index in [1.165, 1.54) is 18.3 Å². The number of aromatic nitrogens is 1. The predicted molar refractivity (Wildman–Crippen MR) is 125 cm³/mol. The zero-order valence-electron chi connectivity index (χ0n) is 17.5. The molecule has 3 aromatic rings. The molecule has 1 heterocycles. The molecule has 30 heavy (non-hydrogen) atoms. The van der Waals surface area contributed by atoms with Gasteiger partial charge in [0.05, 0.1) is 11.3 Å². The minimum atomic E-state index is -0.140. The monoisotopic (exact) mass is 447 g/mol. The predicted octanol–water partition coefficient (Wildman–Crippen LogP) is 4.53. The lowest BCUT2D eigenvalue weighted by atomic mass is 10.1. The molecule has 1 aromatic heterocycles. The first-order valence-electron chi connectivity index (χ1n) is 9.50. The van der Waals surface area contributed by atoms with Crippen molar-refractivity contribution in [2.24, 2.45) is 0 Å². The van der Waals surface area contributed by atoms with E-state index in [-0.39, 0.29) is 24.1 Å². The Balaban J connectivity index is 0.00000320. The molecular formula is C22H26ClN3O3S. The zero-order chi connectivity index (χ0) is 21.0. The van der Waals surface area contributed by atoms with Gasteiger partial charge in [-0.25, -0.2) is 4.98 Å². The molecule has 0 unspecified atom stereocenters. The fourth-order valence-corrected chi connectivity index (χ4v) is 3.89. The standard InChI is InChI=1S/C22H25N3O3S.ClH/c1-5-28-18-7-6-8-19-20(18)23-22(29-19)25(14-13-24(3)4)21(27)17-11-9-16(10-12-17)15(2)26;/h6-12H,5,13-14H2,1-4H3;1H. The number of ether oxygens (including phenoxy) is 1.